The van der Waals surface area contributed by atoms with Crippen molar-refractivity contribution in [2.75, 3.05) is 17.9 Å². The highest BCUT2D eigenvalue weighted by molar-refractivity contribution is 7.92. The summed E-state index contributed by atoms with van der Waals surface area (Å²) in [6.45, 7) is 1.34. The lowest BCUT2D eigenvalue weighted by Gasteiger charge is -2.34. The van der Waals surface area contributed by atoms with Crippen LogP contribution in [0.15, 0.2) is 114 Å². The summed E-state index contributed by atoms with van der Waals surface area (Å²) in [5, 5.41) is 2.65. The Morgan fingerprint density at radius 3 is 2.02 bits per heavy atom. The molecule has 0 aromatic heterocycles. The molecule has 218 valence electrons. The molecular formula is C33H34FN3O4S. The molecule has 42 heavy (non-hydrogen) atoms. The van der Waals surface area contributed by atoms with Crippen molar-refractivity contribution in [3.8, 4) is 0 Å². The van der Waals surface area contributed by atoms with Crippen molar-refractivity contribution in [2.45, 2.75) is 37.2 Å². The van der Waals surface area contributed by atoms with Gasteiger partial charge in [0.25, 0.3) is 10.0 Å². The zero-order valence-corrected chi connectivity index (χ0v) is 24.4. The molecule has 0 fully saturated rings. The van der Waals surface area contributed by atoms with Gasteiger partial charge in [0.2, 0.25) is 11.8 Å². The van der Waals surface area contributed by atoms with Crippen molar-refractivity contribution in [3.05, 3.63) is 132 Å². The molecule has 0 heterocycles. The highest BCUT2D eigenvalue weighted by Gasteiger charge is 2.34. The fourth-order valence-electron chi connectivity index (χ4n) is 4.79. The third-order valence-corrected chi connectivity index (χ3v) is 8.81. The van der Waals surface area contributed by atoms with E-state index in [-0.39, 0.29) is 17.9 Å². The largest absolute Gasteiger partial charge is 0.357 e. The van der Waals surface area contributed by atoms with Crippen molar-refractivity contribution in [1.29, 1.82) is 0 Å². The van der Waals surface area contributed by atoms with Crippen LogP contribution in [0.2, 0.25) is 0 Å². The second kappa shape index (κ2) is 13.9. The van der Waals surface area contributed by atoms with E-state index in [1.165, 1.54) is 36.2 Å². The fourth-order valence-corrected chi connectivity index (χ4v) is 6.27. The Labute approximate surface area is 246 Å². The molecule has 4 rings (SSSR count). The first-order chi connectivity index (χ1) is 20.2. The predicted octanol–water partition coefficient (Wildman–Crippen LogP) is 4.97. The van der Waals surface area contributed by atoms with Crippen LogP contribution in [0.25, 0.3) is 0 Å². The number of nitrogens with zero attached hydrogens (tertiary/aromatic N) is 2. The van der Waals surface area contributed by atoms with Crippen LogP contribution in [0.5, 0.6) is 0 Å². The first-order valence-electron chi connectivity index (χ1n) is 13.7. The maximum Gasteiger partial charge on any atom is 0.264 e. The van der Waals surface area contributed by atoms with E-state index < -0.39 is 40.2 Å². The lowest BCUT2D eigenvalue weighted by molar-refractivity contribution is -0.139. The van der Waals surface area contributed by atoms with Crippen LogP contribution in [-0.2, 0) is 39.0 Å². The first kappa shape index (κ1) is 30.5. The number of hydrogen-bond acceptors (Lipinski definition) is 4. The first-order valence-corrected chi connectivity index (χ1v) is 15.1. The molecule has 0 radical (unpaired) electrons. The van der Waals surface area contributed by atoms with Crippen LogP contribution in [0.3, 0.4) is 0 Å². The number of halogens is 1. The molecule has 0 saturated carbocycles. The number of carbonyl (C=O) groups is 2. The van der Waals surface area contributed by atoms with Crippen LogP contribution in [-0.4, -0.2) is 44.8 Å². The van der Waals surface area contributed by atoms with Gasteiger partial charge in [0, 0.05) is 20.0 Å². The molecular weight excluding hydrogens is 553 g/mol. The summed E-state index contributed by atoms with van der Waals surface area (Å²) in [7, 11) is -2.68. The summed E-state index contributed by atoms with van der Waals surface area (Å²) in [6, 6.07) is 29.0. The minimum Gasteiger partial charge on any atom is -0.357 e. The van der Waals surface area contributed by atoms with Gasteiger partial charge in [0.15, 0.2) is 0 Å². The van der Waals surface area contributed by atoms with E-state index in [0.29, 0.717) is 17.7 Å². The topological polar surface area (TPSA) is 86.8 Å². The number of hydrogen-bond donors (Lipinski definition) is 1. The molecule has 0 aliphatic carbocycles. The number of nitrogens with one attached hydrogen (secondary N) is 1. The number of sulfonamides is 1. The summed E-state index contributed by atoms with van der Waals surface area (Å²) in [4.78, 5) is 29.0. The van der Waals surface area contributed by atoms with Gasteiger partial charge in [-0.3, -0.25) is 13.9 Å². The smallest absolute Gasteiger partial charge is 0.264 e. The number of aryl methyl sites for hydroxylation is 1. The monoisotopic (exact) mass is 587 g/mol. The average Bonchev–Trinajstić information content (AvgIpc) is 3.02. The Morgan fingerprint density at radius 1 is 0.810 bits per heavy atom. The summed E-state index contributed by atoms with van der Waals surface area (Å²) in [6.07, 6.45) is 0.740. The van der Waals surface area contributed by atoms with Gasteiger partial charge in [-0.15, -0.1) is 0 Å². The van der Waals surface area contributed by atoms with E-state index in [4.69, 9.17) is 0 Å². The average molecular weight is 588 g/mol. The van der Waals surface area contributed by atoms with E-state index in [1.54, 1.807) is 42.5 Å². The maximum atomic E-state index is 14.3. The van der Waals surface area contributed by atoms with Crippen LogP contribution in [0.1, 0.15) is 23.6 Å². The summed E-state index contributed by atoms with van der Waals surface area (Å²) < 4.78 is 42.9. The number of likely N-dealkylation sites (N-methyl/N-ethyl adjacent to an activating group) is 1. The molecule has 1 atom stereocenters. The van der Waals surface area contributed by atoms with Crippen LogP contribution in [0.4, 0.5) is 10.1 Å². The number of anilines is 1. The molecule has 4 aromatic rings. The molecule has 0 spiro atoms. The highest BCUT2D eigenvalue weighted by Crippen LogP contribution is 2.28. The molecule has 9 heteroatoms. The number of rotatable bonds is 12. The Hall–Kier alpha value is -4.50. The van der Waals surface area contributed by atoms with E-state index in [9.17, 15) is 22.4 Å². The number of para-hydroxylation sites is 1. The maximum absolute atomic E-state index is 14.3. The third kappa shape index (κ3) is 7.22. The number of carbonyl (C=O) groups excluding carboxylic acids is 2. The minimum absolute atomic E-state index is 0.0291. The SMILES string of the molecule is CCc1ccccc1N(CC(=O)N(Cc1ccc(F)cc1)[C@H](Cc1ccccc1)C(=O)NC)S(=O)(=O)c1ccccc1. The van der Waals surface area contributed by atoms with Crippen LogP contribution < -0.4 is 9.62 Å². The van der Waals surface area contributed by atoms with E-state index in [0.717, 1.165) is 15.4 Å². The summed E-state index contributed by atoms with van der Waals surface area (Å²) in [5.41, 5.74) is 2.56. The lowest BCUT2D eigenvalue weighted by Crippen LogP contribution is -2.53. The minimum atomic E-state index is -4.17. The molecule has 1 N–H and O–H groups in total. The Morgan fingerprint density at radius 2 is 1.40 bits per heavy atom. The van der Waals surface area contributed by atoms with Crippen molar-refractivity contribution in [2.24, 2.45) is 0 Å². The van der Waals surface area contributed by atoms with Crippen molar-refractivity contribution in [3.63, 3.8) is 0 Å². The predicted molar refractivity (Wildman–Crippen MR) is 162 cm³/mol. The second-order valence-electron chi connectivity index (χ2n) is 9.77. The van der Waals surface area contributed by atoms with Gasteiger partial charge in [0.1, 0.15) is 18.4 Å². The number of benzene rings is 4. The summed E-state index contributed by atoms with van der Waals surface area (Å²) >= 11 is 0. The molecule has 0 bridgehead atoms. The van der Waals surface area contributed by atoms with Crippen molar-refractivity contribution in [1.82, 2.24) is 10.2 Å². The fraction of sp³-hybridized carbons (Fsp3) is 0.212. The van der Waals surface area contributed by atoms with Crippen molar-refractivity contribution < 1.29 is 22.4 Å². The molecule has 0 unspecified atom stereocenters. The lowest BCUT2D eigenvalue weighted by atomic mass is 10.0. The van der Waals surface area contributed by atoms with E-state index in [1.807, 2.05) is 49.4 Å². The zero-order chi connectivity index (χ0) is 30.1. The van der Waals surface area contributed by atoms with E-state index in [2.05, 4.69) is 5.32 Å². The number of amides is 2. The van der Waals surface area contributed by atoms with Gasteiger partial charge in [-0.05, 0) is 53.4 Å². The van der Waals surface area contributed by atoms with Gasteiger partial charge < -0.3 is 10.2 Å². The Bertz CT molecular complexity index is 1600. The van der Waals surface area contributed by atoms with Gasteiger partial charge in [-0.2, -0.15) is 0 Å². The Kier molecular flexibility index (Phi) is 10.1. The zero-order valence-electron chi connectivity index (χ0n) is 23.6. The quantitative estimate of drug-likeness (QED) is 0.254. The van der Waals surface area contributed by atoms with Gasteiger partial charge in [0.05, 0.1) is 10.6 Å². The second-order valence-corrected chi connectivity index (χ2v) is 11.6. The molecule has 0 aliphatic rings. The van der Waals surface area contributed by atoms with Crippen molar-refractivity contribution >= 4 is 27.5 Å². The summed E-state index contributed by atoms with van der Waals surface area (Å²) in [5.74, 6) is -1.41. The van der Waals surface area contributed by atoms with Gasteiger partial charge in [-0.25, -0.2) is 12.8 Å². The normalized spacial score (nSPS) is 11.9. The van der Waals surface area contributed by atoms with Gasteiger partial charge in [-0.1, -0.05) is 85.8 Å². The van der Waals surface area contributed by atoms with E-state index >= 15 is 0 Å². The third-order valence-electron chi connectivity index (χ3n) is 7.03. The Balaban J connectivity index is 1.80. The molecule has 0 aliphatic heterocycles. The standard InChI is InChI=1S/C33H34FN3O4S/c1-3-27-14-10-11-17-30(27)37(42(40,41)29-15-8-5-9-16-29)24-32(38)36(23-26-18-20-28(34)21-19-26)31(33(39)35-2)22-25-12-6-4-7-13-25/h4-21,31H,3,22-24H2,1-2H3,(H,35,39)/t31-/m1/s1. The van der Waals surface area contributed by atoms with Crippen LogP contribution >= 0.6 is 0 Å². The van der Waals surface area contributed by atoms with Crippen LogP contribution in [0, 0.1) is 5.82 Å². The molecule has 0 saturated heterocycles. The molecule has 2 amide bonds. The molecule has 7 nitrogen and oxygen atoms in total. The van der Waals surface area contributed by atoms with Gasteiger partial charge >= 0.3 is 0 Å². The molecule has 4 aromatic carbocycles. The highest BCUT2D eigenvalue weighted by atomic mass is 32.2.